The fourth-order valence-corrected chi connectivity index (χ4v) is 0.978. The van der Waals surface area contributed by atoms with Crippen LogP contribution in [-0.2, 0) is 5.41 Å². The van der Waals surface area contributed by atoms with Crippen molar-refractivity contribution >= 4 is 0 Å². The molecule has 1 heteroatoms. The Balaban J connectivity index is 3.14. The summed E-state index contributed by atoms with van der Waals surface area (Å²) in [6.45, 7) is 3.89. The van der Waals surface area contributed by atoms with Gasteiger partial charge in [0.15, 0.2) is 0 Å². The Morgan fingerprint density at radius 1 is 1.42 bits per heavy atom. The van der Waals surface area contributed by atoms with Gasteiger partial charge >= 0.3 is 0 Å². The highest BCUT2D eigenvalue weighted by Crippen LogP contribution is 2.24. The molecule has 0 fully saturated rings. The van der Waals surface area contributed by atoms with Gasteiger partial charge in [0, 0.05) is 0 Å². The van der Waals surface area contributed by atoms with Crippen molar-refractivity contribution in [3.8, 4) is 18.1 Å². The maximum atomic E-state index is 9.20. The van der Waals surface area contributed by atoms with E-state index in [0.717, 1.165) is 5.56 Å². The average molecular weight is 160 g/mol. The molecule has 0 spiro atoms. The van der Waals surface area contributed by atoms with Gasteiger partial charge in [-0.1, -0.05) is 18.1 Å². The van der Waals surface area contributed by atoms with Crippen LogP contribution >= 0.6 is 0 Å². The molecule has 12 heavy (non-hydrogen) atoms. The van der Waals surface area contributed by atoms with Gasteiger partial charge in [0.1, 0.15) is 5.75 Å². The van der Waals surface area contributed by atoms with Crippen LogP contribution in [0.4, 0.5) is 0 Å². The maximum absolute atomic E-state index is 9.20. The van der Waals surface area contributed by atoms with Crippen LogP contribution in [-0.4, -0.2) is 5.11 Å². The van der Waals surface area contributed by atoms with Crippen LogP contribution in [0.5, 0.6) is 5.75 Å². The minimum atomic E-state index is -0.307. The van der Waals surface area contributed by atoms with E-state index in [4.69, 9.17) is 6.42 Å². The molecular formula is C11H12O. The second-order valence-corrected chi connectivity index (χ2v) is 3.32. The van der Waals surface area contributed by atoms with Crippen LogP contribution < -0.4 is 0 Å². The fraction of sp³-hybridized carbons (Fsp3) is 0.273. The van der Waals surface area contributed by atoms with E-state index in [-0.39, 0.29) is 11.2 Å². The molecule has 0 amide bonds. The molecule has 0 unspecified atom stereocenters. The molecule has 0 aliphatic heterocycles. The van der Waals surface area contributed by atoms with Gasteiger partial charge in [0.05, 0.1) is 5.41 Å². The molecule has 0 atom stereocenters. The van der Waals surface area contributed by atoms with Gasteiger partial charge in [-0.25, -0.2) is 0 Å². The lowest BCUT2D eigenvalue weighted by molar-refractivity contribution is 0.473. The molecule has 0 radical (unpaired) electrons. The third-order valence-electron chi connectivity index (χ3n) is 1.93. The van der Waals surface area contributed by atoms with E-state index in [9.17, 15) is 5.11 Å². The smallest absolute Gasteiger partial charge is 0.115 e. The zero-order valence-corrected chi connectivity index (χ0v) is 7.33. The second kappa shape index (κ2) is 2.91. The Bertz CT molecular complexity index is 318. The summed E-state index contributed by atoms with van der Waals surface area (Å²) < 4.78 is 0. The lowest BCUT2D eigenvalue weighted by Gasteiger charge is -2.17. The van der Waals surface area contributed by atoms with Crippen LogP contribution in [0.3, 0.4) is 0 Å². The van der Waals surface area contributed by atoms with Crippen molar-refractivity contribution in [1.82, 2.24) is 0 Å². The number of terminal acetylenes is 1. The first kappa shape index (κ1) is 8.67. The molecule has 1 aromatic rings. The number of rotatable bonds is 1. The maximum Gasteiger partial charge on any atom is 0.115 e. The van der Waals surface area contributed by atoms with E-state index in [0.29, 0.717) is 0 Å². The van der Waals surface area contributed by atoms with E-state index in [1.807, 2.05) is 19.9 Å². The monoisotopic (exact) mass is 160 g/mol. The topological polar surface area (TPSA) is 20.2 Å². The summed E-state index contributed by atoms with van der Waals surface area (Å²) in [4.78, 5) is 0. The van der Waals surface area contributed by atoms with Crippen molar-refractivity contribution < 1.29 is 5.11 Å². The molecule has 0 aliphatic carbocycles. The van der Waals surface area contributed by atoms with Crippen molar-refractivity contribution in [2.75, 3.05) is 0 Å². The average Bonchev–Trinajstić information content (AvgIpc) is 2.05. The number of phenols is 1. The number of benzene rings is 1. The Morgan fingerprint density at radius 2 is 2.08 bits per heavy atom. The van der Waals surface area contributed by atoms with Crippen LogP contribution in [0.1, 0.15) is 19.4 Å². The van der Waals surface area contributed by atoms with Crippen LogP contribution in [0.25, 0.3) is 0 Å². The standard InChI is InChI=1S/C11H12O/c1-4-11(2,3)9-6-5-7-10(12)8-9/h1,5-8,12H,2-3H3. The first-order chi connectivity index (χ1) is 5.56. The summed E-state index contributed by atoms with van der Waals surface area (Å²) in [7, 11) is 0. The summed E-state index contributed by atoms with van der Waals surface area (Å²) >= 11 is 0. The first-order valence-corrected chi connectivity index (χ1v) is 3.83. The minimum Gasteiger partial charge on any atom is -0.508 e. The van der Waals surface area contributed by atoms with Gasteiger partial charge < -0.3 is 5.11 Å². The van der Waals surface area contributed by atoms with Crippen molar-refractivity contribution in [3.05, 3.63) is 29.8 Å². The SMILES string of the molecule is C#CC(C)(C)c1cccc(O)c1. The highest BCUT2D eigenvalue weighted by molar-refractivity contribution is 5.36. The lowest BCUT2D eigenvalue weighted by Crippen LogP contribution is -2.13. The minimum absolute atomic E-state index is 0.260. The van der Waals surface area contributed by atoms with Crippen LogP contribution in [0.2, 0.25) is 0 Å². The summed E-state index contributed by atoms with van der Waals surface area (Å²) in [5.74, 6) is 2.93. The van der Waals surface area contributed by atoms with Crippen molar-refractivity contribution in [2.45, 2.75) is 19.3 Å². The molecule has 0 saturated carbocycles. The number of hydrogen-bond donors (Lipinski definition) is 1. The van der Waals surface area contributed by atoms with Gasteiger partial charge in [-0.05, 0) is 31.5 Å². The van der Waals surface area contributed by atoms with Crippen LogP contribution in [0.15, 0.2) is 24.3 Å². The van der Waals surface area contributed by atoms with E-state index in [1.165, 1.54) is 0 Å². The van der Waals surface area contributed by atoms with E-state index in [1.54, 1.807) is 18.2 Å². The Kier molecular flexibility index (Phi) is 2.10. The predicted molar refractivity (Wildman–Crippen MR) is 50.0 cm³/mol. The summed E-state index contributed by atoms with van der Waals surface area (Å²) in [6, 6.07) is 7.04. The zero-order chi connectivity index (χ0) is 9.19. The van der Waals surface area contributed by atoms with E-state index in [2.05, 4.69) is 5.92 Å². The van der Waals surface area contributed by atoms with Crippen molar-refractivity contribution in [3.63, 3.8) is 0 Å². The third-order valence-corrected chi connectivity index (χ3v) is 1.93. The highest BCUT2D eigenvalue weighted by Gasteiger charge is 2.16. The molecule has 0 saturated heterocycles. The fourth-order valence-electron chi connectivity index (χ4n) is 0.978. The summed E-state index contributed by atoms with van der Waals surface area (Å²) in [6.07, 6.45) is 5.36. The van der Waals surface area contributed by atoms with E-state index < -0.39 is 0 Å². The molecule has 0 aromatic heterocycles. The third kappa shape index (κ3) is 1.60. The molecule has 0 heterocycles. The number of phenolic OH excluding ortho intramolecular Hbond substituents is 1. The predicted octanol–water partition coefficient (Wildman–Crippen LogP) is 2.30. The van der Waals surface area contributed by atoms with Crippen molar-refractivity contribution in [2.24, 2.45) is 0 Å². The molecule has 0 bridgehead atoms. The normalized spacial score (nSPS) is 10.8. The largest absolute Gasteiger partial charge is 0.508 e. The Morgan fingerprint density at radius 3 is 2.58 bits per heavy atom. The van der Waals surface area contributed by atoms with Crippen molar-refractivity contribution in [1.29, 1.82) is 0 Å². The van der Waals surface area contributed by atoms with Gasteiger partial charge in [0.25, 0.3) is 0 Å². The van der Waals surface area contributed by atoms with E-state index >= 15 is 0 Å². The zero-order valence-electron chi connectivity index (χ0n) is 7.33. The molecule has 1 aromatic carbocycles. The van der Waals surface area contributed by atoms with Crippen LogP contribution in [0, 0.1) is 12.3 Å². The Labute approximate surface area is 73.0 Å². The summed E-state index contributed by atoms with van der Waals surface area (Å²) in [5.41, 5.74) is 0.656. The first-order valence-electron chi connectivity index (χ1n) is 3.83. The van der Waals surface area contributed by atoms with Gasteiger partial charge in [-0.2, -0.15) is 0 Å². The molecule has 1 N–H and O–H groups in total. The highest BCUT2D eigenvalue weighted by atomic mass is 16.3. The number of aromatic hydroxyl groups is 1. The molecule has 0 aliphatic rings. The lowest BCUT2D eigenvalue weighted by atomic mass is 9.86. The van der Waals surface area contributed by atoms with Gasteiger partial charge in [0.2, 0.25) is 0 Å². The Hall–Kier alpha value is -1.42. The molecule has 1 nitrogen and oxygen atoms in total. The van der Waals surface area contributed by atoms with Gasteiger partial charge in [-0.3, -0.25) is 0 Å². The molecule has 62 valence electrons. The quantitative estimate of drug-likeness (QED) is 0.625. The second-order valence-electron chi connectivity index (χ2n) is 3.32. The molecule has 1 rings (SSSR count). The van der Waals surface area contributed by atoms with Gasteiger partial charge in [-0.15, -0.1) is 6.42 Å². The summed E-state index contributed by atoms with van der Waals surface area (Å²) in [5, 5.41) is 9.20. The number of hydrogen-bond acceptors (Lipinski definition) is 1. The molecular weight excluding hydrogens is 148 g/mol.